The molecule has 0 aromatic heterocycles. The average molecular weight is 272 g/mol. The van der Waals surface area contributed by atoms with Crippen LogP contribution in [0, 0.1) is 11.3 Å². The molecule has 4 nitrogen and oxygen atoms in total. The van der Waals surface area contributed by atoms with Gasteiger partial charge in [0.05, 0.1) is 5.56 Å². The minimum Gasteiger partial charge on any atom is -0.506 e. The van der Waals surface area contributed by atoms with Crippen molar-refractivity contribution in [1.29, 1.82) is 5.26 Å². The summed E-state index contributed by atoms with van der Waals surface area (Å²) in [6.07, 6.45) is 2.06. The molecule has 1 aromatic rings. The number of likely N-dealkylation sites (tertiary alicyclic amines) is 1. The zero-order valence-electron chi connectivity index (χ0n) is 12.2. The number of rotatable bonds is 1. The number of phenols is 1. The first-order valence-corrected chi connectivity index (χ1v) is 6.91. The molecule has 4 heteroatoms. The number of nitriles is 1. The Balaban J connectivity index is 2.49. The number of carbonyl (C=O) groups is 1. The molecule has 0 bridgehead atoms. The van der Waals surface area contributed by atoms with Crippen LogP contribution in [0.4, 0.5) is 0 Å². The van der Waals surface area contributed by atoms with Crippen molar-refractivity contribution in [3.63, 3.8) is 0 Å². The summed E-state index contributed by atoms with van der Waals surface area (Å²) in [4.78, 5) is 14.2. The Labute approximate surface area is 119 Å². The monoisotopic (exact) mass is 272 g/mol. The van der Waals surface area contributed by atoms with E-state index in [4.69, 9.17) is 5.26 Å². The van der Waals surface area contributed by atoms with Gasteiger partial charge in [0.1, 0.15) is 11.8 Å². The van der Waals surface area contributed by atoms with Gasteiger partial charge in [0.15, 0.2) is 0 Å². The molecule has 1 aromatic carbocycles. The Bertz CT molecular complexity index is 573. The van der Waals surface area contributed by atoms with Crippen molar-refractivity contribution in [3.05, 3.63) is 28.8 Å². The van der Waals surface area contributed by atoms with E-state index >= 15 is 0 Å². The zero-order chi connectivity index (χ0) is 14.9. The molecule has 20 heavy (non-hydrogen) atoms. The highest BCUT2D eigenvalue weighted by molar-refractivity contribution is 5.95. The Hall–Kier alpha value is -2.02. The van der Waals surface area contributed by atoms with Gasteiger partial charge in [-0.25, -0.2) is 0 Å². The van der Waals surface area contributed by atoms with Gasteiger partial charge in [0.25, 0.3) is 5.91 Å². The molecular formula is C16H20N2O2. The second-order valence-electron chi connectivity index (χ2n) is 6.28. The largest absolute Gasteiger partial charge is 0.506 e. The molecule has 1 aliphatic rings. The molecule has 0 saturated carbocycles. The van der Waals surface area contributed by atoms with Crippen LogP contribution in [0.1, 0.15) is 55.1 Å². The Morgan fingerprint density at radius 2 is 1.90 bits per heavy atom. The SMILES string of the molecule is CC(C)(C)c1cc(C(=O)N2CCCC2)cc(C#N)c1O. The molecule has 0 unspecified atom stereocenters. The van der Waals surface area contributed by atoms with Gasteiger partial charge < -0.3 is 10.0 Å². The Morgan fingerprint density at radius 1 is 1.30 bits per heavy atom. The molecule has 1 heterocycles. The van der Waals surface area contributed by atoms with E-state index in [0.29, 0.717) is 11.1 Å². The van der Waals surface area contributed by atoms with Gasteiger partial charge in [-0.2, -0.15) is 5.26 Å². The van der Waals surface area contributed by atoms with Gasteiger partial charge in [0, 0.05) is 24.2 Å². The molecule has 1 fully saturated rings. The number of hydrogen-bond acceptors (Lipinski definition) is 3. The van der Waals surface area contributed by atoms with E-state index < -0.39 is 0 Å². The minimum absolute atomic E-state index is 0.0158. The minimum atomic E-state index is -0.322. The summed E-state index contributed by atoms with van der Waals surface area (Å²) in [7, 11) is 0. The molecular weight excluding hydrogens is 252 g/mol. The number of phenolic OH excluding ortho intramolecular Hbond substituents is 1. The summed E-state index contributed by atoms with van der Waals surface area (Å²) in [5.41, 5.74) is 0.974. The second-order valence-corrected chi connectivity index (χ2v) is 6.28. The molecule has 106 valence electrons. The number of nitrogens with zero attached hydrogens (tertiary/aromatic N) is 2. The van der Waals surface area contributed by atoms with Gasteiger partial charge in [-0.05, 0) is 30.4 Å². The highest BCUT2D eigenvalue weighted by Gasteiger charge is 2.25. The number of benzene rings is 1. The number of amides is 1. The lowest BCUT2D eigenvalue weighted by Crippen LogP contribution is -2.28. The zero-order valence-corrected chi connectivity index (χ0v) is 12.2. The van der Waals surface area contributed by atoms with Crippen LogP contribution in [0.25, 0.3) is 0 Å². The summed E-state index contributed by atoms with van der Waals surface area (Å²) < 4.78 is 0. The van der Waals surface area contributed by atoms with Crippen molar-refractivity contribution in [2.75, 3.05) is 13.1 Å². The fraction of sp³-hybridized carbons (Fsp3) is 0.500. The van der Waals surface area contributed by atoms with E-state index in [2.05, 4.69) is 0 Å². The third-order valence-electron chi connectivity index (χ3n) is 3.68. The fourth-order valence-corrected chi connectivity index (χ4v) is 2.52. The number of hydrogen-bond donors (Lipinski definition) is 1. The van der Waals surface area contributed by atoms with Crippen LogP contribution in [0.2, 0.25) is 0 Å². The maximum atomic E-state index is 12.4. The van der Waals surface area contributed by atoms with Crippen molar-refractivity contribution >= 4 is 5.91 Å². The third-order valence-corrected chi connectivity index (χ3v) is 3.68. The smallest absolute Gasteiger partial charge is 0.253 e. The summed E-state index contributed by atoms with van der Waals surface area (Å²) in [5.74, 6) is -0.0672. The van der Waals surface area contributed by atoms with Crippen molar-refractivity contribution in [2.45, 2.75) is 39.0 Å². The molecule has 0 aliphatic carbocycles. The number of aromatic hydroxyl groups is 1. The van der Waals surface area contributed by atoms with E-state index in [1.807, 2.05) is 26.8 Å². The predicted octanol–water partition coefficient (Wildman–Crippen LogP) is 2.80. The first-order valence-electron chi connectivity index (χ1n) is 6.91. The fourth-order valence-electron chi connectivity index (χ4n) is 2.52. The first-order chi connectivity index (χ1) is 9.34. The summed E-state index contributed by atoms with van der Waals surface area (Å²) in [6, 6.07) is 5.18. The second kappa shape index (κ2) is 5.16. The maximum absolute atomic E-state index is 12.4. The first kappa shape index (κ1) is 14.4. The lowest BCUT2D eigenvalue weighted by atomic mass is 9.84. The molecule has 2 rings (SSSR count). The normalized spacial score (nSPS) is 15.2. The van der Waals surface area contributed by atoms with Crippen LogP contribution in [0.5, 0.6) is 5.75 Å². The van der Waals surface area contributed by atoms with Gasteiger partial charge in [0.2, 0.25) is 0 Å². The van der Waals surface area contributed by atoms with E-state index in [9.17, 15) is 9.90 Å². The lowest BCUT2D eigenvalue weighted by molar-refractivity contribution is 0.0792. The van der Waals surface area contributed by atoms with Gasteiger partial charge >= 0.3 is 0 Å². The highest BCUT2D eigenvalue weighted by atomic mass is 16.3. The van der Waals surface area contributed by atoms with Crippen LogP contribution in [0.15, 0.2) is 12.1 Å². The van der Waals surface area contributed by atoms with Crippen LogP contribution >= 0.6 is 0 Å². The predicted molar refractivity (Wildman–Crippen MR) is 76.7 cm³/mol. The summed E-state index contributed by atoms with van der Waals surface area (Å²) in [5, 5.41) is 19.3. The third kappa shape index (κ3) is 2.62. The molecule has 1 aliphatic heterocycles. The topological polar surface area (TPSA) is 64.3 Å². The molecule has 0 spiro atoms. The van der Waals surface area contributed by atoms with E-state index in [1.54, 1.807) is 11.0 Å². The maximum Gasteiger partial charge on any atom is 0.253 e. The van der Waals surface area contributed by atoms with Gasteiger partial charge in [-0.3, -0.25) is 4.79 Å². The van der Waals surface area contributed by atoms with Crippen LogP contribution < -0.4 is 0 Å². The Morgan fingerprint density at radius 3 is 2.40 bits per heavy atom. The standard InChI is InChI=1S/C16H20N2O2/c1-16(2,3)13-9-11(8-12(10-17)14(13)19)15(20)18-6-4-5-7-18/h8-9,19H,4-7H2,1-3H3. The summed E-state index contributed by atoms with van der Waals surface area (Å²) >= 11 is 0. The van der Waals surface area contributed by atoms with Gasteiger partial charge in [-0.15, -0.1) is 0 Å². The van der Waals surface area contributed by atoms with Crippen molar-refractivity contribution < 1.29 is 9.90 Å². The van der Waals surface area contributed by atoms with Gasteiger partial charge in [-0.1, -0.05) is 20.8 Å². The quantitative estimate of drug-likeness (QED) is 0.855. The number of carbonyl (C=O) groups excluding carboxylic acids is 1. The van der Waals surface area contributed by atoms with Crippen molar-refractivity contribution in [3.8, 4) is 11.8 Å². The van der Waals surface area contributed by atoms with Crippen LogP contribution in [0.3, 0.4) is 0 Å². The summed E-state index contributed by atoms with van der Waals surface area (Å²) in [6.45, 7) is 7.40. The Kier molecular flexibility index (Phi) is 3.71. The van der Waals surface area contributed by atoms with Crippen LogP contribution in [-0.2, 0) is 5.41 Å². The van der Waals surface area contributed by atoms with Crippen LogP contribution in [-0.4, -0.2) is 29.0 Å². The molecule has 1 saturated heterocycles. The molecule has 0 radical (unpaired) electrons. The van der Waals surface area contributed by atoms with E-state index in [0.717, 1.165) is 25.9 Å². The van der Waals surface area contributed by atoms with E-state index in [1.165, 1.54) is 6.07 Å². The molecule has 0 atom stereocenters. The van der Waals surface area contributed by atoms with Crippen molar-refractivity contribution in [1.82, 2.24) is 4.90 Å². The molecule has 1 amide bonds. The molecule has 1 N–H and O–H groups in total. The average Bonchev–Trinajstić information content (AvgIpc) is 2.90. The van der Waals surface area contributed by atoms with E-state index in [-0.39, 0.29) is 22.6 Å². The van der Waals surface area contributed by atoms with Crippen molar-refractivity contribution in [2.24, 2.45) is 0 Å². The lowest BCUT2D eigenvalue weighted by Gasteiger charge is -2.23. The highest BCUT2D eigenvalue weighted by Crippen LogP contribution is 2.34.